The van der Waals surface area contributed by atoms with Gasteiger partial charge in [0.15, 0.2) is 0 Å². The number of nitrogens with two attached hydrogens (primary N) is 1. The van der Waals surface area contributed by atoms with E-state index in [-0.39, 0.29) is 0 Å². The zero-order valence-electron chi connectivity index (χ0n) is 10.2. The maximum absolute atomic E-state index is 13.8. The summed E-state index contributed by atoms with van der Waals surface area (Å²) in [5, 5.41) is 20.5. The minimum Gasteiger partial charge on any atom is -0.481 e. The first-order valence-corrected chi connectivity index (χ1v) is 5.90. The Hall–Kier alpha value is -1.70. The van der Waals surface area contributed by atoms with Crippen LogP contribution in [-0.4, -0.2) is 45.8 Å². The van der Waals surface area contributed by atoms with Gasteiger partial charge in [0.2, 0.25) is 5.91 Å². The van der Waals surface area contributed by atoms with Gasteiger partial charge in [-0.25, -0.2) is 9.18 Å². The summed E-state index contributed by atoms with van der Waals surface area (Å²) in [7, 11) is 0. The smallest absolute Gasteiger partial charge is 0.329 e. The number of nitrogens with one attached hydrogen (secondary N) is 1. The van der Waals surface area contributed by atoms with Crippen molar-refractivity contribution in [2.75, 3.05) is 0 Å². The molecule has 0 bridgehead atoms. The molecule has 2 rings (SSSR count). The largest absolute Gasteiger partial charge is 0.481 e. The number of hydrogen-bond donors (Lipinski definition) is 4. The van der Waals surface area contributed by atoms with Crippen molar-refractivity contribution in [3.63, 3.8) is 0 Å². The van der Waals surface area contributed by atoms with Crippen LogP contribution in [0.2, 0.25) is 0 Å². The Morgan fingerprint density at radius 1 is 1.42 bits per heavy atom. The van der Waals surface area contributed by atoms with Crippen molar-refractivity contribution in [3.8, 4) is 0 Å². The van der Waals surface area contributed by atoms with E-state index in [9.17, 15) is 23.9 Å². The fourth-order valence-electron chi connectivity index (χ4n) is 3.07. The van der Waals surface area contributed by atoms with E-state index in [1.165, 1.54) is 6.92 Å². The number of halogens is 1. The average Bonchev–Trinajstić information content (AvgIpc) is 2.96. The Bertz CT molecular complexity index is 454. The van der Waals surface area contributed by atoms with Crippen molar-refractivity contribution in [3.05, 3.63) is 0 Å². The van der Waals surface area contributed by atoms with Gasteiger partial charge >= 0.3 is 11.9 Å². The summed E-state index contributed by atoms with van der Waals surface area (Å²) in [5.41, 5.74) is 3.48. The number of aliphatic carboxylic acids is 2. The first-order valence-electron chi connectivity index (χ1n) is 5.90. The van der Waals surface area contributed by atoms with Crippen LogP contribution in [0.3, 0.4) is 0 Å². The van der Waals surface area contributed by atoms with Crippen LogP contribution in [0.5, 0.6) is 0 Å². The normalized spacial score (nSPS) is 41.2. The maximum atomic E-state index is 13.8. The van der Waals surface area contributed by atoms with Crippen LogP contribution < -0.4 is 11.1 Å². The number of alkyl halides is 1. The summed E-state index contributed by atoms with van der Waals surface area (Å²) in [6, 6.07) is -0.949. The number of hydrogen-bond acceptors (Lipinski definition) is 4. The van der Waals surface area contributed by atoms with Crippen LogP contribution in [0, 0.1) is 17.8 Å². The molecule has 0 aromatic carbocycles. The molecule has 2 fully saturated rings. The van der Waals surface area contributed by atoms with Crippen LogP contribution in [0.25, 0.3) is 0 Å². The summed E-state index contributed by atoms with van der Waals surface area (Å²) >= 11 is 0. The third-order valence-corrected chi connectivity index (χ3v) is 4.01. The van der Waals surface area contributed by atoms with E-state index < -0.39 is 59.8 Å². The topological polar surface area (TPSA) is 130 Å². The molecule has 8 heteroatoms. The van der Waals surface area contributed by atoms with Crippen LogP contribution in [-0.2, 0) is 14.4 Å². The molecule has 2 aliphatic rings. The fourth-order valence-corrected chi connectivity index (χ4v) is 3.07. The van der Waals surface area contributed by atoms with Gasteiger partial charge in [-0.15, -0.1) is 0 Å². The Morgan fingerprint density at radius 3 is 2.37 bits per heavy atom. The molecule has 106 valence electrons. The van der Waals surface area contributed by atoms with Gasteiger partial charge in [0.1, 0.15) is 11.7 Å². The number of carboxylic acid groups (broad SMARTS) is 2. The number of rotatable bonds is 4. The SMILES string of the molecule is C[C@H](N)C(=O)N[C@@]1(C(=O)O)CC(F)C2[C@H](C(=O)O)[C@H]21. The van der Waals surface area contributed by atoms with Gasteiger partial charge in [-0.3, -0.25) is 9.59 Å². The van der Waals surface area contributed by atoms with Gasteiger partial charge in [0, 0.05) is 18.3 Å². The molecule has 6 atom stereocenters. The number of carboxylic acids is 2. The van der Waals surface area contributed by atoms with E-state index in [0.29, 0.717) is 0 Å². The van der Waals surface area contributed by atoms with E-state index in [1.807, 2.05) is 0 Å². The van der Waals surface area contributed by atoms with Gasteiger partial charge < -0.3 is 21.3 Å². The van der Waals surface area contributed by atoms with Crippen molar-refractivity contribution < 1.29 is 29.0 Å². The molecule has 0 spiro atoms. The van der Waals surface area contributed by atoms with E-state index in [4.69, 9.17) is 10.8 Å². The highest BCUT2D eigenvalue weighted by molar-refractivity contribution is 5.92. The summed E-state index contributed by atoms with van der Waals surface area (Å²) in [6.07, 6.45) is -1.96. The average molecular weight is 274 g/mol. The standard InChI is InChI=1S/C11H15FN2O5/c1-3(13)8(15)14-11(10(18)19)2-4(12)5-6(7(5)11)9(16)17/h3-7H,2,13H2,1H3,(H,14,15)(H,16,17)(H,18,19)/t3-,4?,5?,6-,7-,11-/m0/s1. The van der Waals surface area contributed by atoms with Gasteiger partial charge in [-0.05, 0) is 6.92 Å². The molecule has 0 aromatic rings. The van der Waals surface area contributed by atoms with Crippen molar-refractivity contribution in [1.82, 2.24) is 5.32 Å². The zero-order chi connectivity index (χ0) is 14.5. The number of carbonyl (C=O) groups excluding carboxylic acids is 1. The lowest BCUT2D eigenvalue weighted by Gasteiger charge is -2.29. The molecule has 19 heavy (non-hydrogen) atoms. The minimum atomic E-state index is -1.86. The lowest BCUT2D eigenvalue weighted by Crippen LogP contribution is -2.59. The molecule has 0 aliphatic heterocycles. The molecule has 0 radical (unpaired) electrons. The molecule has 7 nitrogen and oxygen atoms in total. The summed E-state index contributed by atoms with van der Waals surface area (Å²) < 4.78 is 13.8. The highest BCUT2D eigenvalue weighted by atomic mass is 19.1. The Morgan fingerprint density at radius 2 is 2.00 bits per heavy atom. The minimum absolute atomic E-state index is 0.417. The van der Waals surface area contributed by atoms with E-state index >= 15 is 0 Å². The molecule has 0 aromatic heterocycles. The monoisotopic (exact) mass is 274 g/mol. The molecular formula is C11H15FN2O5. The van der Waals surface area contributed by atoms with Crippen molar-refractivity contribution in [2.45, 2.75) is 31.1 Å². The highest BCUT2D eigenvalue weighted by Gasteiger charge is 2.76. The predicted molar refractivity (Wildman–Crippen MR) is 59.8 cm³/mol. The van der Waals surface area contributed by atoms with Crippen LogP contribution in [0.1, 0.15) is 13.3 Å². The second kappa shape index (κ2) is 4.16. The molecule has 2 aliphatic carbocycles. The summed E-state index contributed by atoms with van der Waals surface area (Å²) in [6.45, 7) is 1.37. The van der Waals surface area contributed by atoms with Crippen LogP contribution in [0.4, 0.5) is 4.39 Å². The molecule has 1 amide bonds. The number of amides is 1. The fraction of sp³-hybridized carbons (Fsp3) is 0.727. The van der Waals surface area contributed by atoms with Gasteiger partial charge in [-0.2, -0.15) is 0 Å². The van der Waals surface area contributed by atoms with E-state index in [1.54, 1.807) is 0 Å². The lowest BCUT2D eigenvalue weighted by atomic mass is 9.89. The number of carbonyl (C=O) groups is 3. The van der Waals surface area contributed by atoms with Crippen molar-refractivity contribution in [1.29, 1.82) is 0 Å². The molecule has 2 saturated carbocycles. The first-order chi connectivity index (χ1) is 8.72. The molecule has 0 saturated heterocycles. The van der Waals surface area contributed by atoms with Gasteiger partial charge in [0.25, 0.3) is 0 Å². The first kappa shape index (κ1) is 13.7. The predicted octanol–water partition coefficient (Wildman–Crippen LogP) is -1.04. The second-order valence-electron chi connectivity index (χ2n) is 5.24. The summed E-state index contributed by atoms with van der Waals surface area (Å²) in [5.74, 6) is -6.21. The van der Waals surface area contributed by atoms with Crippen LogP contribution in [0.15, 0.2) is 0 Å². The third-order valence-electron chi connectivity index (χ3n) is 4.01. The molecule has 0 heterocycles. The molecular weight excluding hydrogens is 259 g/mol. The second-order valence-corrected chi connectivity index (χ2v) is 5.24. The lowest BCUT2D eigenvalue weighted by molar-refractivity contribution is -0.150. The van der Waals surface area contributed by atoms with Gasteiger partial charge in [-0.1, -0.05) is 0 Å². The van der Waals surface area contributed by atoms with Crippen molar-refractivity contribution >= 4 is 17.8 Å². The van der Waals surface area contributed by atoms with Crippen molar-refractivity contribution in [2.24, 2.45) is 23.5 Å². The van der Waals surface area contributed by atoms with E-state index in [0.717, 1.165) is 0 Å². The zero-order valence-corrected chi connectivity index (χ0v) is 10.2. The Balaban J connectivity index is 2.29. The maximum Gasteiger partial charge on any atom is 0.329 e. The quantitative estimate of drug-likeness (QED) is 0.518. The third kappa shape index (κ3) is 1.86. The van der Waals surface area contributed by atoms with E-state index in [2.05, 4.69) is 5.32 Å². The molecule has 2 unspecified atom stereocenters. The van der Waals surface area contributed by atoms with Crippen LogP contribution >= 0.6 is 0 Å². The Kier molecular flexibility index (Phi) is 3.00. The number of fused-ring (bicyclic) bond motifs is 1. The summed E-state index contributed by atoms with van der Waals surface area (Å²) in [4.78, 5) is 34.0. The Labute approximate surface area is 108 Å². The van der Waals surface area contributed by atoms with Gasteiger partial charge in [0.05, 0.1) is 12.0 Å². The molecule has 5 N–H and O–H groups in total. The highest BCUT2D eigenvalue weighted by Crippen LogP contribution is 2.63.